The average Bonchev–Trinajstić information content (AvgIpc) is 3.16. The zero-order chi connectivity index (χ0) is 25.0. The van der Waals surface area contributed by atoms with Crippen molar-refractivity contribution in [3.05, 3.63) is 89.2 Å². The molecule has 8 heteroatoms. The third kappa shape index (κ3) is 5.38. The van der Waals surface area contributed by atoms with Crippen LogP contribution in [0.1, 0.15) is 35.7 Å². The first-order valence-electron chi connectivity index (χ1n) is 11.6. The number of hydrogen-bond donors (Lipinski definition) is 1. The van der Waals surface area contributed by atoms with E-state index in [1.807, 2.05) is 48.7 Å². The summed E-state index contributed by atoms with van der Waals surface area (Å²) in [5.41, 5.74) is 5.00. The van der Waals surface area contributed by atoms with Crippen LogP contribution in [-0.2, 0) is 16.6 Å². The highest BCUT2D eigenvalue weighted by Crippen LogP contribution is 2.30. The van der Waals surface area contributed by atoms with Gasteiger partial charge in [0.25, 0.3) is 10.0 Å². The molecule has 0 aliphatic rings. The smallest absolute Gasteiger partial charge is 0.264 e. The number of sulfonamides is 1. The van der Waals surface area contributed by atoms with E-state index in [0.29, 0.717) is 16.8 Å². The van der Waals surface area contributed by atoms with Crippen molar-refractivity contribution in [2.75, 3.05) is 16.2 Å². The van der Waals surface area contributed by atoms with E-state index < -0.39 is 10.0 Å². The predicted octanol–water partition coefficient (Wildman–Crippen LogP) is 5.88. The van der Waals surface area contributed by atoms with Gasteiger partial charge < -0.3 is 9.42 Å². The molecule has 0 saturated carbocycles. The fourth-order valence-electron chi connectivity index (χ4n) is 3.98. The lowest BCUT2D eigenvalue weighted by molar-refractivity contribution is 0.430. The van der Waals surface area contributed by atoms with Crippen molar-refractivity contribution in [1.29, 1.82) is 0 Å². The summed E-state index contributed by atoms with van der Waals surface area (Å²) in [6.45, 7) is 9.37. The molecule has 0 unspecified atom stereocenters. The van der Waals surface area contributed by atoms with Crippen LogP contribution in [0.2, 0.25) is 0 Å². The van der Waals surface area contributed by atoms with Crippen molar-refractivity contribution >= 4 is 21.7 Å². The van der Waals surface area contributed by atoms with Crippen molar-refractivity contribution in [3.63, 3.8) is 0 Å². The Morgan fingerprint density at radius 1 is 0.971 bits per heavy atom. The van der Waals surface area contributed by atoms with Gasteiger partial charge in [0.2, 0.25) is 5.88 Å². The van der Waals surface area contributed by atoms with Gasteiger partial charge in [-0.2, -0.15) is 0 Å². The molecule has 0 aliphatic carbocycles. The summed E-state index contributed by atoms with van der Waals surface area (Å²) in [6, 6.07) is 19.0. The number of pyridine rings is 1. The average molecular weight is 491 g/mol. The third-order valence-electron chi connectivity index (χ3n) is 5.97. The SMILES string of the molecule is CCCN(Cc1ccc(-c2ccccc2S(=O)(=O)Nc2onc(C)c2C)cc1)c1ncccc1C. The Balaban J connectivity index is 1.60. The second-order valence-electron chi connectivity index (χ2n) is 8.59. The summed E-state index contributed by atoms with van der Waals surface area (Å²) in [5.74, 6) is 1.12. The third-order valence-corrected chi connectivity index (χ3v) is 7.36. The standard InChI is InChI=1S/C27H30N4O3S/c1-5-17-31(26-19(2)9-8-16-28-26)18-22-12-14-23(15-13-22)24-10-6-7-11-25(24)35(32,33)30-27-20(3)21(4)29-34-27/h6-16,30H,5,17-18H2,1-4H3. The second-order valence-corrected chi connectivity index (χ2v) is 10.2. The number of benzene rings is 2. The number of nitrogens with one attached hydrogen (secondary N) is 1. The van der Waals surface area contributed by atoms with Gasteiger partial charge in [0.1, 0.15) is 5.82 Å². The number of nitrogens with zero attached hydrogens (tertiary/aromatic N) is 3. The van der Waals surface area contributed by atoms with Gasteiger partial charge >= 0.3 is 0 Å². The van der Waals surface area contributed by atoms with Crippen LogP contribution in [0, 0.1) is 20.8 Å². The maximum Gasteiger partial charge on any atom is 0.264 e. The van der Waals surface area contributed by atoms with Crippen LogP contribution in [0.4, 0.5) is 11.7 Å². The number of aryl methyl sites for hydroxylation is 2. The molecule has 0 amide bonds. The monoisotopic (exact) mass is 490 g/mol. The number of aromatic nitrogens is 2. The van der Waals surface area contributed by atoms with E-state index >= 15 is 0 Å². The van der Waals surface area contributed by atoms with E-state index in [0.717, 1.165) is 42.0 Å². The molecule has 0 fully saturated rings. The molecule has 4 rings (SSSR count). The van der Waals surface area contributed by atoms with Crippen LogP contribution in [0.25, 0.3) is 11.1 Å². The minimum atomic E-state index is -3.88. The molecule has 1 N–H and O–H groups in total. The van der Waals surface area contributed by atoms with Crippen LogP contribution in [0.5, 0.6) is 0 Å². The highest BCUT2D eigenvalue weighted by molar-refractivity contribution is 7.92. The molecule has 0 radical (unpaired) electrons. The number of anilines is 2. The Morgan fingerprint density at radius 3 is 2.37 bits per heavy atom. The molecule has 2 aromatic carbocycles. The molecule has 2 heterocycles. The van der Waals surface area contributed by atoms with Gasteiger partial charge in [-0.15, -0.1) is 0 Å². The summed E-state index contributed by atoms with van der Waals surface area (Å²) in [7, 11) is -3.88. The number of hydrogen-bond acceptors (Lipinski definition) is 6. The molecule has 0 aliphatic heterocycles. The quantitative estimate of drug-likeness (QED) is 0.315. The second kappa shape index (κ2) is 10.3. The first kappa shape index (κ1) is 24.5. The lowest BCUT2D eigenvalue weighted by Gasteiger charge is -2.25. The Morgan fingerprint density at radius 2 is 1.71 bits per heavy atom. The van der Waals surface area contributed by atoms with E-state index in [2.05, 4.69) is 39.7 Å². The van der Waals surface area contributed by atoms with Gasteiger partial charge in [-0.25, -0.2) is 18.1 Å². The normalized spacial score (nSPS) is 11.4. The van der Waals surface area contributed by atoms with Crippen molar-refractivity contribution in [3.8, 4) is 11.1 Å². The first-order valence-corrected chi connectivity index (χ1v) is 13.1. The fraction of sp³-hybridized carbons (Fsp3) is 0.259. The maximum absolute atomic E-state index is 13.2. The zero-order valence-electron chi connectivity index (χ0n) is 20.4. The van der Waals surface area contributed by atoms with Gasteiger partial charge in [0, 0.05) is 30.4 Å². The molecule has 0 spiro atoms. The zero-order valence-corrected chi connectivity index (χ0v) is 21.3. The van der Waals surface area contributed by atoms with Gasteiger partial charge in [-0.3, -0.25) is 0 Å². The van der Waals surface area contributed by atoms with Crippen molar-refractivity contribution in [2.45, 2.75) is 45.6 Å². The molecule has 0 atom stereocenters. The van der Waals surface area contributed by atoms with E-state index in [1.54, 1.807) is 26.0 Å². The molecule has 35 heavy (non-hydrogen) atoms. The minimum Gasteiger partial charge on any atom is -0.352 e. The maximum atomic E-state index is 13.2. The number of rotatable bonds is 9. The van der Waals surface area contributed by atoms with E-state index in [-0.39, 0.29) is 10.8 Å². The minimum absolute atomic E-state index is 0.133. The summed E-state index contributed by atoms with van der Waals surface area (Å²) in [5, 5.41) is 3.84. The van der Waals surface area contributed by atoms with Gasteiger partial charge in [-0.05, 0) is 56.0 Å². The highest BCUT2D eigenvalue weighted by Gasteiger charge is 2.22. The van der Waals surface area contributed by atoms with Gasteiger partial charge in [-0.1, -0.05) is 60.6 Å². The molecular weight excluding hydrogens is 460 g/mol. The summed E-state index contributed by atoms with van der Waals surface area (Å²) in [4.78, 5) is 7.03. The lowest BCUT2D eigenvalue weighted by Crippen LogP contribution is -2.25. The molecule has 182 valence electrons. The van der Waals surface area contributed by atoms with E-state index in [1.165, 1.54) is 0 Å². The first-order chi connectivity index (χ1) is 16.8. The van der Waals surface area contributed by atoms with Crippen LogP contribution in [0.15, 0.2) is 76.3 Å². The van der Waals surface area contributed by atoms with Crippen molar-refractivity contribution in [1.82, 2.24) is 10.1 Å². The molecule has 2 aromatic heterocycles. The summed E-state index contributed by atoms with van der Waals surface area (Å²) in [6.07, 6.45) is 2.83. The van der Waals surface area contributed by atoms with E-state index in [4.69, 9.17) is 4.52 Å². The molecule has 7 nitrogen and oxygen atoms in total. The van der Waals surface area contributed by atoms with Crippen LogP contribution < -0.4 is 9.62 Å². The van der Waals surface area contributed by atoms with Gasteiger partial charge in [0.15, 0.2) is 0 Å². The largest absolute Gasteiger partial charge is 0.352 e. The van der Waals surface area contributed by atoms with Crippen LogP contribution in [0.3, 0.4) is 0 Å². The highest BCUT2D eigenvalue weighted by atomic mass is 32.2. The molecule has 0 saturated heterocycles. The lowest BCUT2D eigenvalue weighted by atomic mass is 10.0. The van der Waals surface area contributed by atoms with Gasteiger partial charge in [0.05, 0.1) is 10.6 Å². The summed E-state index contributed by atoms with van der Waals surface area (Å²) < 4.78 is 34.1. The topological polar surface area (TPSA) is 88.3 Å². The van der Waals surface area contributed by atoms with E-state index in [9.17, 15) is 8.42 Å². The molecule has 4 aromatic rings. The fourth-order valence-corrected chi connectivity index (χ4v) is 5.25. The molecule has 0 bridgehead atoms. The van der Waals surface area contributed by atoms with Crippen molar-refractivity contribution < 1.29 is 12.9 Å². The van der Waals surface area contributed by atoms with Crippen molar-refractivity contribution in [2.24, 2.45) is 0 Å². The Bertz CT molecular complexity index is 1410. The van der Waals surface area contributed by atoms with Crippen LogP contribution in [-0.4, -0.2) is 25.1 Å². The molecular formula is C27H30N4O3S. The Hall–Kier alpha value is -3.65. The predicted molar refractivity (Wildman–Crippen MR) is 139 cm³/mol. The Kier molecular flexibility index (Phi) is 7.21. The van der Waals surface area contributed by atoms with Crippen LogP contribution >= 0.6 is 0 Å². The Labute approximate surface area is 206 Å². The summed E-state index contributed by atoms with van der Waals surface area (Å²) >= 11 is 0.